The molecule has 3 N–H and O–H groups in total. The van der Waals surface area contributed by atoms with Crippen LogP contribution in [0.4, 0.5) is 5.69 Å². The van der Waals surface area contributed by atoms with E-state index in [0.29, 0.717) is 5.69 Å². The summed E-state index contributed by atoms with van der Waals surface area (Å²) in [6.07, 6.45) is 5.12. The van der Waals surface area contributed by atoms with E-state index in [0.717, 1.165) is 12.0 Å². The van der Waals surface area contributed by atoms with Crippen LogP contribution in [0.3, 0.4) is 0 Å². The standard InChI is InChI=1S/C12H15NO/c1-12(2,14)10-6-8-4-3-5-9(8)7-11(10)13/h3,5-7,14H,4,13H2,1-2H3. The second-order valence-electron chi connectivity index (χ2n) is 4.30. The highest BCUT2D eigenvalue weighted by Crippen LogP contribution is 2.31. The third-order valence-corrected chi connectivity index (χ3v) is 2.61. The van der Waals surface area contributed by atoms with Gasteiger partial charge in [0.25, 0.3) is 0 Å². The number of benzene rings is 1. The molecule has 14 heavy (non-hydrogen) atoms. The number of aliphatic hydroxyl groups is 1. The fraction of sp³-hybridized carbons (Fsp3) is 0.333. The van der Waals surface area contributed by atoms with Crippen LogP contribution in [0.1, 0.15) is 30.5 Å². The van der Waals surface area contributed by atoms with Crippen molar-refractivity contribution < 1.29 is 5.11 Å². The van der Waals surface area contributed by atoms with Crippen molar-refractivity contribution in [1.82, 2.24) is 0 Å². The summed E-state index contributed by atoms with van der Waals surface area (Å²) in [6.45, 7) is 3.51. The Labute approximate surface area is 84.1 Å². The molecular weight excluding hydrogens is 174 g/mol. The lowest BCUT2D eigenvalue weighted by Gasteiger charge is -2.21. The largest absolute Gasteiger partial charge is 0.398 e. The van der Waals surface area contributed by atoms with Gasteiger partial charge >= 0.3 is 0 Å². The predicted molar refractivity (Wildman–Crippen MR) is 58.8 cm³/mol. The quantitative estimate of drug-likeness (QED) is 0.664. The van der Waals surface area contributed by atoms with Gasteiger partial charge in [0, 0.05) is 11.3 Å². The van der Waals surface area contributed by atoms with Gasteiger partial charge in [0.2, 0.25) is 0 Å². The monoisotopic (exact) mass is 189 g/mol. The molecule has 1 aromatic carbocycles. The fourth-order valence-electron chi connectivity index (χ4n) is 1.85. The Bertz CT molecular complexity index is 400. The normalized spacial score (nSPS) is 14.5. The van der Waals surface area contributed by atoms with Crippen molar-refractivity contribution in [1.29, 1.82) is 0 Å². The number of nitrogens with two attached hydrogens (primary N) is 1. The molecule has 0 bridgehead atoms. The van der Waals surface area contributed by atoms with Crippen LogP contribution in [0.2, 0.25) is 0 Å². The van der Waals surface area contributed by atoms with Gasteiger partial charge in [0.15, 0.2) is 0 Å². The smallest absolute Gasteiger partial charge is 0.0860 e. The summed E-state index contributed by atoms with van der Waals surface area (Å²) in [5.74, 6) is 0. The maximum absolute atomic E-state index is 9.90. The lowest BCUT2D eigenvalue weighted by Crippen LogP contribution is -2.18. The molecule has 0 saturated carbocycles. The van der Waals surface area contributed by atoms with E-state index in [1.165, 1.54) is 11.1 Å². The van der Waals surface area contributed by atoms with Gasteiger partial charge in [-0.3, -0.25) is 0 Å². The summed E-state index contributed by atoms with van der Waals surface area (Å²) in [6, 6.07) is 3.94. The first-order chi connectivity index (χ1) is 6.48. The summed E-state index contributed by atoms with van der Waals surface area (Å²) < 4.78 is 0. The molecule has 1 aliphatic rings. The molecule has 0 atom stereocenters. The maximum Gasteiger partial charge on any atom is 0.0860 e. The Morgan fingerprint density at radius 3 is 2.71 bits per heavy atom. The number of rotatable bonds is 1. The number of hydrogen-bond acceptors (Lipinski definition) is 2. The van der Waals surface area contributed by atoms with Gasteiger partial charge in [-0.15, -0.1) is 0 Å². The van der Waals surface area contributed by atoms with E-state index in [9.17, 15) is 5.11 Å². The van der Waals surface area contributed by atoms with E-state index < -0.39 is 5.60 Å². The van der Waals surface area contributed by atoms with Crippen LogP contribution >= 0.6 is 0 Å². The Kier molecular flexibility index (Phi) is 1.89. The second-order valence-corrected chi connectivity index (χ2v) is 4.30. The third-order valence-electron chi connectivity index (χ3n) is 2.61. The first-order valence-electron chi connectivity index (χ1n) is 4.80. The molecule has 74 valence electrons. The number of nitrogen functional groups attached to an aromatic ring is 1. The highest BCUT2D eigenvalue weighted by atomic mass is 16.3. The summed E-state index contributed by atoms with van der Waals surface area (Å²) in [5, 5.41) is 9.90. The fourth-order valence-corrected chi connectivity index (χ4v) is 1.85. The highest BCUT2D eigenvalue weighted by molar-refractivity contribution is 5.67. The molecule has 2 rings (SSSR count). The highest BCUT2D eigenvalue weighted by Gasteiger charge is 2.21. The Balaban J connectivity index is 2.56. The average molecular weight is 189 g/mol. The zero-order chi connectivity index (χ0) is 10.3. The van der Waals surface area contributed by atoms with Crippen molar-refractivity contribution in [3.8, 4) is 0 Å². The minimum absolute atomic E-state index is 0.669. The number of hydrogen-bond donors (Lipinski definition) is 2. The molecule has 1 aromatic rings. The summed E-state index contributed by atoms with van der Waals surface area (Å²) in [4.78, 5) is 0. The third kappa shape index (κ3) is 1.42. The molecular formula is C12H15NO. The van der Waals surface area contributed by atoms with Crippen LogP contribution in [-0.4, -0.2) is 5.11 Å². The van der Waals surface area contributed by atoms with Crippen LogP contribution in [0.5, 0.6) is 0 Å². The molecule has 2 heteroatoms. The predicted octanol–water partition coefficient (Wildman–Crippen LogP) is 2.07. The van der Waals surface area contributed by atoms with Gasteiger partial charge in [0.1, 0.15) is 0 Å². The van der Waals surface area contributed by atoms with Gasteiger partial charge in [0.05, 0.1) is 5.60 Å². The van der Waals surface area contributed by atoms with E-state index in [-0.39, 0.29) is 0 Å². The van der Waals surface area contributed by atoms with E-state index in [1.54, 1.807) is 13.8 Å². The molecule has 0 aliphatic heterocycles. The number of anilines is 1. The topological polar surface area (TPSA) is 46.2 Å². The molecule has 0 fully saturated rings. The Morgan fingerprint density at radius 2 is 2.07 bits per heavy atom. The lowest BCUT2D eigenvalue weighted by molar-refractivity contribution is 0.0793. The number of fused-ring (bicyclic) bond motifs is 1. The van der Waals surface area contributed by atoms with Gasteiger partial charge < -0.3 is 10.8 Å². The van der Waals surface area contributed by atoms with Crippen LogP contribution < -0.4 is 5.73 Å². The van der Waals surface area contributed by atoms with Crippen molar-refractivity contribution in [2.75, 3.05) is 5.73 Å². The van der Waals surface area contributed by atoms with Gasteiger partial charge in [-0.2, -0.15) is 0 Å². The van der Waals surface area contributed by atoms with Crippen LogP contribution in [0, 0.1) is 0 Å². The molecule has 0 unspecified atom stereocenters. The zero-order valence-electron chi connectivity index (χ0n) is 8.54. The Morgan fingerprint density at radius 1 is 1.36 bits per heavy atom. The van der Waals surface area contributed by atoms with Crippen molar-refractivity contribution in [2.45, 2.75) is 25.9 Å². The van der Waals surface area contributed by atoms with Crippen molar-refractivity contribution in [3.63, 3.8) is 0 Å². The van der Waals surface area contributed by atoms with Gasteiger partial charge in [-0.25, -0.2) is 0 Å². The lowest BCUT2D eigenvalue weighted by atomic mass is 9.93. The summed E-state index contributed by atoms with van der Waals surface area (Å²) in [5.41, 5.74) is 8.94. The first kappa shape index (κ1) is 9.28. The molecule has 0 spiro atoms. The van der Waals surface area contributed by atoms with Crippen LogP contribution in [-0.2, 0) is 12.0 Å². The molecule has 0 heterocycles. The number of allylic oxidation sites excluding steroid dienone is 1. The molecule has 0 radical (unpaired) electrons. The zero-order valence-corrected chi connectivity index (χ0v) is 8.54. The molecule has 2 nitrogen and oxygen atoms in total. The molecule has 0 aromatic heterocycles. The van der Waals surface area contributed by atoms with E-state index in [1.807, 2.05) is 12.1 Å². The summed E-state index contributed by atoms with van der Waals surface area (Å²) in [7, 11) is 0. The van der Waals surface area contributed by atoms with Crippen LogP contribution in [0.25, 0.3) is 6.08 Å². The second kappa shape index (κ2) is 2.85. The molecule has 0 saturated heterocycles. The van der Waals surface area contributed by atoms with Crippen molar-refractivity contribution in [2.24, 2.45) is 0 Å². The molecule has 1 aliphatic carbocycles. The van der Waals surface area contributed by atoms with E-state index in [4.69, 9.17) is 5.73 Å². The van der Waals surface area contributed by atoms with Crippen LogP contribution in [0.15, 0.2) is 18.2 Å². The van der Waals surface area contributed by atoms with Gasteiger partial charge in [-0.05, 0) is 43.5 Å². The van der Waals surface area contributed by atoms with E-state index in [2.05, 4.69) is 12.2 Å². The minimum atomic E-state index is -0.859. The van der Waals surface area contributed by atoms with E-state index >= 15 is 0 Å². The average Bonchev–Trinajstić information content (AvgIpc) is 2.47. The van der Waals surface area contributed by atoms with Crippen molar-refractivity contribution >= 4 is 11.8 Å². The van der Waals surface area contributed by atoms with Crippen molar-refractivity contribution in [3.05, 3.63) is 34.9 Å². The first-order valence-corrected chi connectivity index (χ1v) is 4.80. The summed E-state index contributed by atoms with van der Waals surface area (Å²) >= 11 is 0. The SMILES string of the molecule is CC(C)(O)c1cc2c(cc1N)C=CC2. The maximum atomic E-state index is 9.90. The molecule has 0 amide bonds. The van der Waals surface area contributed by atoms with Gasteiger partial charge in [-0.1, -0.05) is 12.2 Å². The minimum Gasteiger partial charge on any atom is -0.398 e. The Hall–Kier alpha value is -1.28.